The molecular weight excluding hydrogens is 398 g/mol. The molecule has 0 unspecified atom stereocenters. The van der Waals surface area contributed by atoms with E-state index in [1.54, 1.807) is 11.8 Å². The van der Waals surface area contributed by atoms with Gasteiger partial charge >= 0.3 is 6.09 Å². The lowest BCUT2D eigenvalue weighted by molar-refractivity contribution is -0.142. The predicted molar refractivity (Wildman–Crippen MR) is 118 cm³/mol. The van der Waals surface area contributed by atoms with Crippen LogP contribution in [0.1, 0.15) is 40.2 Å². The number of amides is 2. The molecule has 2 atom stereocenters. The molecule has 1 fully saturated rings. The van der Waals surface area contributed by atoms with Crippen LogP contribution in [0.3, 0.4) is 0 Å². The van der Waals surface area contributed by atoms with Crippen LogP contribution in [-0.4, -0.2) is 65.9 Å². The van der Waals surface area contributed by atoms with E-state index in [4.69, 9.17) is 14.2 Å². The van der Waals surface area contributed by atoms with Crippen LogP contribution in [0.25, 0.3) is 10.9 Å². The number of para-hydroxylation sites is 1. The largest absolute Gasteiger partial charge is 0.479 e. The van der Waals surface area contributed by atoms with Crippen molar-refractivity contribution in [2.45, 2.75) is 58.8 Å². The third-order valence-electron chi connectivity index (χ3n) is 5.03. The lowest BCUT2D eigenvalue weighted by atomic mass is 10.1. The molecule has 2 heterocycles. The summed E-state index contributed by atoms with van der Waals surface area (Å²) in [4.78, 5) is 29.7. The molecule has 1 aromatic heterocycles. The lowest BCUT2D eigenvalue weighted by Crippen LogP contribution is -2.46. The number of rotatable bonds is 6. The molecule has 0 saturated carbocycles. The molecule has 31 heavy (non-hydrogen) atoms. The zero-order valence-corrected chi connectivity index (χ0v) is 19.0. The van der Waals surface area contributed by atoms with E-state index < -0.39 is 17.8 Å². The number of carbonyl (C=O) groups excluding carboxylic acids is 2. The molecular formula is C23H33N3O5. The smallest absolute Gasteiger partial charge is 0.407 e. The summed E-state index contributed by atoms with van der Waals surface area (Å²) in [6, 6.07) is 5.66. The Kier molecular flexibility index (Phi) is 7.10. The van der Waals surface area contributed by atoms with Gasteiger partial charge in [0.2, 0.25) is 0 Å². The average molecular weight is 432 g/mol. The van der Waals surface area contributed by atoms with E-state index in [1.807, 2.05) is 52.1 Å². The van der Waals surface area contributed by atoms with Gasteiger partial charge in [-0.15, -0.1) is 0 Å². The molecule has 2 aromatic rings. The highest BCUT2D eigenvalue weighted by molar-refractivity contribution is 5.89. The number of benzene rings is 1. The van der Waals surface area contributed by atoms with E-state index in [-0.39, 0.29) is 11.9 Å². The van der Waals surface area contributed by atoms with Crippen LogP contribution in [0.2, 0.25) is 0 Å². The first-order valence-corrected chi connectivity index (χ1v) is 10.8. The van der Waals surface area contributed by atoms with Gasteiger partial charge in [0.05, 0.1) is 18.7 Å². The maximum atomic E-state index is 12.7. The second kappa shape index (κ2) is 9.60. The Morgan fingerprint density at radius 3 is 2.61 bits per heavy atom. The van der Waals surface area contributed by atoms with Crippen molar-refractivity contribution < 1.29 is 23.8 Å². The summed E-state index contributed by atoms with van der Waals surface area (Å²) in [5, 5.41) is 3.87. The van der Waals surface area contributed by atoms with Crippen LogP contribution >= 0.6 is 0 Å². The molecule has 0 bridgehead atoms. The van der Waals surface area contributed by atoms with E-state index >= 15 is 0 Å². The summed E-state index contributed by atoms with van der Waals surface area (Å²) < 4.78 is 16.7. The van der Waals surface area contributed by atoms with Gasteiger partial charge in [-0.2, -0.15) is 0 Å². The van der Waals surface area contributed by atoms with Gasteiger partial charge in [-0.05, 0) is 52.7 Å². The van der Waals surface area contributed by atoms with Crippen molar-refractivity contribution in [1.29, 1.82) is 0 Å². The van der Waals surface area contributed by atoms with Gasteiger partial charge in [0.1, 0.15) is 11.4 Å². The summed E-state index contributed by atoms with van der Waals surface area (Å²) in [6.45, 7) is 11.5. The average Bonchev–Trinajstić information content (AvgIpc) is 3.10. The highest BCUT2D eigenvalue weighted by Gasteiger charge is 2.25. The number of hydrogen-bond donors (Lipinski definition) is 2. The molecule has 1 aromatic carbocycles. The van der Waals surface area contributed by atoms with Gasteiger partial charge in [0, 0.05) is 30.7 Å². The molecule has 0 radical (unpaired) electrons. The lowest BCUT2D eigenvalue weighted by Gasteiger charge is -2.29. The number of alkyl carbamates (subject to hydrolysis) is 1. The molecule has 1 aliphatic heterocycles. The van der Waals surface area contributed by atoms with E-state index in [0.29, 0.717) is 38.5 Å². The van der Waals surface area contributed by atoms with Gasteiger partial charge in [0.25, 0.3) is 5.91 Å². The molecule has 8 heteroatoms. The van der Waals surface area contributed by atoms with Crippen LogP contribution < -0.4 is 10.1 Å². The number of aromatic amines is 1. The normalized spacial score (nSPS) is 16.6. The van der Waals surface area contributed by atoms with Crippen molar-refractivity contribution in [3.8, 4) is 5.75 Å². The topological polar surface area (TPSA) is 92.9 Å². The molecule has 170 valence electrons. The second-order valence-electron chi connectivity index (χ2n) is 8.94. The summed E-state index contributed by atoms with van der Waals surface area (Å²) in [5.74, 6) is 0.591. The maximum absolute atomic E-state index is 12.7. The predicted octanol–water partition coefficient (Wildman–Crippen LogP) is 3.25. The zero-order chi connectivity index (χ0) is 22.6. The minimum atomic E-state index is -0.594. The van der Waals surface area contributed by atoms with E-state index in [2.05, 4.69) is 10.3 Å². The Morgan fingerprint density at radius 2 is 1.94 bits per heavy atom. The van der Waals surface area contributed by atoms with E-state index in [1.165, 1.54) is 0 Å². The first kappa shape index (κ1) is 22.9. The molecule has 1 aliphatic rings. The first-order chi connectivity index (χ1) is 14.6. The third kappa shape index (κ3) is 6.13. The molecule has 0 aliphatic carbocycles. The summed E-state index contributed by atoms with van der Waals surface area (Å²) in [6.07, 6.45) is 1.52. The molecule has 0 spiro atoms. The second-order valence-corrected chi connectivity index (χ2v) is 8.94. The molecule has 3 rings (SSSR count). The molecule has 8 nitrogen and oxygen atoms in total. The number of nitrogens with one attached hydrogen (secondary N) is 2. The van der Waals surface area contributed by atoms with Crippen molar-refractivity contribution in [2.24, 2.45) is 0 Å². The number of carbonyl (C=O) groups is 2. The Hall–Kier alpha value is -2.74. The molecule has 2 amide bonds. The fourth-order valence-corrected chi connectivity index (χ4v) is 3.62. The minimum Gasteiger partial charge on any atom is -0.479 e. The minimum absolute atomic E-state index is 0.0396. The third-order valence-corrected chi connectivity index (χ3v) is 5.03. The Balaban J connectivity index is 1.66. The number of nitrogens with zero attached hydrogens (tertiary/aromatic N) is 1. The van der Waals surface area contributed by atoms with Crippen LogP contribution in [0.15, 0.2) is 24.4 Å². The zero-order valence-electron chi connectivity index (χ0n) is 19.0. The van der Waals surface area contributed by atoms with Gasteiger partial charge in [-0.25, -0.2) is 4.79 Å². The number of fused-ring (bicyclic) bond motifs is 1. The number of morpholine rings is 1. The highest BCUT2D eigenvalue weighted by atomic mass is 16.6. The number of aromatic nitrogens is 1. The monoisotopic (exact) mass is 431 g/mol. The van der Waals surface area contributed by atoms with Crippen molar-refractivity contribution in [3.05, 3.63) is 30.0 Å². The van der Waals surface area contributed by atoms with Crippen molar-refractivity contribution >= 4 is 22.9 Å². The van der Waals surface area contributed by atoms with Crippen molar-refractivity contribution in [1.82, 2.24) is 15.2 Å². The van der Waals surface area contributed by atoms with Crippen molar-refractivity contribution in [2.75, 3.05) is 26.3 Å². The van der Waals surface area contributed by atoms with Gasteiger partial charge < -0.3 is 29.4 Å². The van der Waals surface area contributed by atoms with E-state index in [9.17, 15) is 9.59 Å². The fraction of sp³-hybridized carbons (Fsp3) is 0.565. The number of H-pyrrole nitrogens is 1. The van der Waals surface area contributed by atoms with Gasteiger partial charge in [-0.3, -0.25) is 4.79 Å². The summed E-state index contributed by atoms with van der Waals surface area (Å²) in [5.41, 5.74) is 1.35. The maximum Gasteiger partial charge on any atom is 0.407 e. The van der Waals surface area contributed by atoms with Crippen LogP contribution in [0.4, 0.5) is 4.79 Å². The Morgan fingerprint density at radius 1 is 1.23 bits per heavy atom. The van der Waals surface area contributed by atoms with Gasteiger partial charge in [0.15, 0.2) is 6.10 Å². The SMILES string of the molecule is C[C@H](Cc1c[nH]c2c(O[C@H](C)C(=O)N3CCOCC3)cccc12)NC(=O)OC(C)(C)C. The van der Waals surface area contributed by atoms with Gasteiger partial charge in [-0.1, -0.05) is 12.1 Å². The van der Waals surface area contributed by atoms with Crippen LogP contribution in [0, 0.1) is 0 Å². The molecule has 1 saturated heterocycles. The van der Waals surface area contributed by atoms with E-state index in [0.717, 1.165) is 16.5 Å². The van der Waals surface area contributed by atoms with Crippen LogP contribution in [-0.2, 0) is 20.7 Å². The Labute approximate surface area is 183 Å². The first-order valence-electron chi connectivity index (χ1n) is 10.8. The highest BCUT2D eigenvalue weighted by Crippen LogP contribution is 2.29. The fourth-order valence-electron chi connectivity index (χ4n) is 3.62. The quantitative estimate of drug-likeness (QED) is 0.732. The standard InChI is InChI=1S/C23H33N3O5/c1-15(25-22(28)31-23(3,4)5)13-17-14-24-20-18(17)7-6-8-19(20)30-16(2)21(27)26-9-11-29-12-10-26/h6-8,14-16,24H,9-13H2,1-5H3,(H,25,28)/t15-,16-/m1/s1. The van der Waals surface area contributed by atoms with Crippen LogP contribution in [0.5, 0.6) is 5.75 Å². The molecule has 2 N–H and O–H groups in total. The van der Waals surface area contributed by atoms with Crippen molar-refractivity contribution in [3.63, 3.8) is 0 Å². The Bertz CT molecular complexity index is 912. The number of hydrogen-bond acceptors (Lipinski definition) is 5. The summed E-state index contributed by atoms with van der Waals surface area (Å²) >= 11 is 0. The summed E-state index contributed by atoms with van der Waals surface area (Å²) in [7, 11) is 0. The number of ether oxygens (including phenoxy) is 3.